The van der Waals surface area contributed by atoms with Crippen LogP contribution in [0.25, 0.3) is 6.08 Å². The Hall–Kier alpha value is -0.470. The molecule has 1 aromatic carbocycles. The van der Waals surface area contributed by atoms with E-state index < -0.39 is 0 Å². The third-order valence-electron chi connectivity index (χ3n) is 1.29. The zero-order chi connectivity index (χ0) is 8.27. The molecule has 1 nitrogen and oxygen atoms in total. The summed E-state index contributed by atoms with van der Waals surface area (Å²) in [6, 6.07) is 5.47. The molecule has 0 aromatic heterocycles. The predicted octanol–water partition coefficient (Wildman–Crippen LogP) is 3.67. The fourth-order valence-corrected chi connectivity index (χ4v) is 1.44. The summed E-state index contributed by atoms with van der Waals surface area (Å²) in [6.45, 7) is 3.62. The Labute approximate surface area is 79.1 Å². The second kappa shape index (κ2) is 3.79. The van der Waals surface area contributed by atoms with Crippen molar-refractivity contribution in [2.45, 2.75) is 0 Å². The van der Waals surface area contributed by atoms with Gasteiger partial charge in [0.2, 0.25) is 0 Å². The van der Waals surface area contributed by atoms with Crippen molar-refractivity contribution >= 4 is 33.9 Å². The van der Waals surface area contributed by atoms with Gasteiger partial charge in [-0.3, -0.25) is 0 Å². The first-order valence-electron chi connectivity index (χ1n) is 2.99. The molecule has 0 spiro atoms. The number of rotatable bonds is 2. The van der Waals surface area contributed by atoms with E-state index in [0.717, 1.165) is 5.56 Å². The summed E-state index contributed by atoms with van der Waals surface area (Å²) < 4.78 is 4.88. The maximum Gasteiger partial charge on any atom is 0.179 e. The van der Waals surface area contributed by atoms with Crippen LogP contribution in [0.1, 0.15) is 5.56 Å². The molecule has 1 rings (SSSR count). The van der Waals surface area contributed by atoms with Crippen molar-refractivity contribution in [3.63, 3.8) is 0 Å². The minimum atomic E-state index is 0.569. The third-order valence-corrected chi connectivity index (χ3v) is 1.92. The quantitative estimate of drug-likeness (QED) is 0.757. The molecule has 11 heavy (non-hydrogen) atoms. The van der Waals surface area contributed by atoms with E-state index in [2.05, 4.69) is 22.8 Å². The minimum absolute atomic E-state index is 0.569. The smallest absolute Gasteiger partial charge is 0.179 e. The number of halogens is 2. The summed E-state index contributed by atoms with van der Waals surface area (Å²) in [7, 11) is 0. The lowest BCUT2D eigenvalue weighted by molar-refractivity contribution is 0.677. The third kappa shape index (κ3) is 1.76. The zero-order valence-electron chi connectivity index (χ0n) is 5.68. The van der Waals surface area contributed by atoms with Crippen molar-refractivity contribution in [3.8, 4) is 5.75 Å². The second-order valence-corrected chi connectivity index (χ2v) is 2.67. The summed E-state index contributed by atoms with van der Waals surface area (Å²) in [6.07, 6.45) is 1.68. The summed E-state index contributed by atoms with van der Waals surface area (Å²) in [5.74, 6) is 0.601. The number of benzene rings is 1. The molecule has 3 heteroatoms. The highest BCUT2D eigenvalue weighted by atomic mass is 79.9. The Morgan fingerprint density at radius 2 is 2.27 bits per heavy atom. The number of hydrogen-bond acceptors (Lipinski definition) is 1. The molecule has 0 fully saturated rings. The fraction of sp³-hybridized carbons (Fsp3) is 0. The van der Waals surface area contributed by atoms with Crippen LogP contribution < -0.4 is 3.83 Å². The largest absolute Gasteiger partial charge is 0.416 e. The van der Waals surface area contributed by atoms with Gasteiger partial charge in [0, 0.05) is 5.56 Å². The maximum atomic E-state index is 5.81. The van der Waals surface area contributed by atoms with Crippen LogP contribution in [-0.4, -0.2) is 0 Å². The van der Waals surface area contributed by atoms with Crippen LogP contribution in [0.4, 0.5) is 0 Å². The van der Waals surface area contributed by atoms with Gasteiger partial charge in [0.1, 0.15) is 0 Å². The van der Waals surface area contributed by atoms with E-state index in [4.69, 9.17) is 15.4 Å². The van der Waals surface area contributed by atoms with Gasteiger partial charge in [0.25, 0.3) is 0 Å². The first-order valence-corrected chi connectivity index (χ1v) is 4.01. The number of hydrogen-bond donors (Lipinski definition) is 0. The van der Waals surface area contributed by atoms with Crippen LogP contribution in [0.5, 0.6) is 5.75 Å². The molecule has 0 N–H and O–H groups in total. The highest BCUT2D eigenvalue weighted by Gasteiger charge is 2.03. The molecule has 0 heterocycles. The summed E-state index contributed by atoms with van der Waals surface area (Å²) in [5.41, 5.74) is 0.870. The summed E-state index contributed by atoms with van der Waals surface area (Å²) >= 11 is 8.67. The first-order chi connectivity index (χ1) is 5.29. The maximum absolute atomic E-state index is 5.81. The lowest BCUT2D eigenvalue weighted by atomic mass is 10.2. The standard InChI is InChI=1S/C8H6BrClO/c1-2-6-4-3-5-7(10)8(6)11-9/h2-5H,1H2. The van der Waals surface area contributed by atoms with Gasteiger partial charge in [-0.1, -0.05) is 36.4 Å². The lowest BCUT2D eigenvalue weighted by Gasteiger charge is -2.02. The normalized spacial score (nSPS) is 9.27. The Balaban J connectivity index is 3.23. The van der Waals surface area contributed by atoms with E-state index in [0.29, 0.717) is 10.8 Å². The molecule has 0 unspecified atom stereocenters. The predicted molar refractivity (Wildman–Crippen MR) is 51.1 cm³/mol. The molecule has 0 atom stereocenters. The van der Waals surface area contributed by atoms with Crippen LogP contribution in [-0.2, 0) is 0 Å². The van der Waals surface area contributed by atoms with Gasteiger partial charge in [-0.2, -0.15) is 0 Å². The average Bonchev–Trinajstić information content (AvgIpc) is 2.04. The summed E-state index contributed by atoms with van der Waals surface area (Å²) in [4.78, 5) is 0. The van der Waals surface area contributed by atoms with Crippen molar-refractivity contribution in [1.82, 2.24) is 0 Å². The van der Waals surface area contributed by atoms with Crippen molar-refractivity contribution in [2.24, 2.45) is 0 Å². The van der Waals surface area contributed by atoms with Crippen LogP contribution in [0, 0.1) is 0 Å². The van der Waals surface area contributed by atoms with E-state index in [-0.39, 0.29) is 0 Å². The van der Waals surface area contributed by atoms with Crippen LogP contribution in [0.3, 0.4) is 0 Å². The Bertz CT molecular complexity index is 273. The number of para-hydroxylation sites is 1. The average molecular weight is 233 g/mol. The molecular weight excluding hydrogens is 227 g/mol. The second-order valence-electron chi connectivity index (χ2n) is 1.94. The highest BCUT2D eigenvalue weighted by molar-refractivity contribution is 9.06. The molecule has 0 aliphatic heterocycles. The van der Waals surface area contributed by atoms with Gasteiger partial charge in [0.05, 0.1) is 5.02 Å². The van der Waals surface area contributed by atoms with Gasteiger partial charge in [-0.25, -0.2) is 0 Å². The first kappa shape index (κ1) is 8.62. The Morgan fingerprint density at radius 1 is 1.55 bits per heavy atom. The lowest BCUT2D eigenvalue weighted by Crippen LogP contribution is -1.80. The topological polar surface area (TPSA) is 9.23 Å². The van der Waals surface area contributed by atoms with E-state index in [9.17, 15) is 0 Å². The molecule has 1 aromatic rings. The molecule has 0 saturated carbocycles. The zero-order valence-corrected chi connectivity index (χ0v) is 8.02. The fourth-order valence-electron chi connectivity index (χ4n) is 0.768. The van der Waals surface area contributed by atoms with Crippen LogP contribution in [0.2, 0.25) is 5.02 Å². The van der Waals surface area contributed by atoms with Gasteiger partial charge >= 0.3 is 0 Å². The molecule has 0 aliphatic rings. The van der Waals surface area contributed by atoms with Crippen molar-refractivity contribution in [1.29, 1.82) is 0 Å². The Kier molecular flexibility index (Phi) is 2.97. The Morgan fingerprint density at radius 3 is 2.73 bits per heavy atom. The van der Waals surface area contributed by atoms with Gasteiger partial charge in [0.15, 0.2) is 22.0 Å². The minimum Gasteiger partial charge on any atom is -0.416 e. The van der Waals surface area contributed by atoms with E-state index in [1.165, 1.54) is 0 Å². The summed E-state index contributed by atoms with van der Waals surface area (Å²) in [5, 5.41) is 0.569. The molecule has 0 radical (unpaired) electrons. The van der Waals surface area contributed by atoms with Crippen molar-refractivity contribution < 1.29 is 3.83 Å². The molecule has 0 saturated heterocycles. The molecule has 0 bridgehead atoms. The van der Waals surface area contributed by atoms with Gasteiger partial charge in [-0.15, -0.1) is 0 Å². The molecule has 58 valence electrons. The van der Waals surface area contributed by atoms with Crippen LogP contribution >= 0.6 is 27.9 Å². The van der Waals surface area contributed by atoms with Crippen LogP contribution in [0.15, 0.2) is 24.8 Å². The van der Waals surface area contributed by atoms with Crippen molar-refractivity contribution in [2.75, 3.05) is 0 Å². The molecule has 0 amide bonds. The van der Waals surface area contributed by atoms with Gasteiger partial charge < -0.3 is 3.83 Å². The monoisotopic (exact) mass is 232 g/mol. The van der Waals surface area contributed by atoms with Gasteiger partial charge in [-0.05, 0) is 6.07 Å². The molecular formula is C8H6BrClO. The van der Waals surface area contributed by atoms with E-state index in [1.807, 2.05) is 12.1 Å². The van der Waals surface area contributed by atoms with E-state index in [1.54, 1.807) is 12.1 Å². The van der Waals surface area contributed by atoms with E-state index >= 15 is 0 Å². The SMILES string of the molecule is C=Cc1cccc(Cl)c1OBr. The molecule has 0 aliphatic carbocycles. The highest BCUT2D eigenvalue weighted by Crippen LogP contribution is 2.30. The van der Waals surface area contributed by atoms with Crippen molar-refractivity contribution in [3.05, 3.63) is 35.4 Å².